The van der Waals surface area contributed by atoms with Gasteiger partial charge in [-0.05, 0) is 46.5 Å². The summed E-state index contributed by atoms with van der Waals surface area (Å²) in [4.78, 5) is 32.1. The van der Waals surface area contributed by atoms with Gasteiger partial charge in [-0.3, -0.25) is 9.59 Å². The Morgan fingerprint density at radius 3 is 2.52 bits per heavy atom. The number of nitrogens with one attached hydrogen (secondary N) is 3. The van der Waals surface area contributed by atoms with Gasteiger partial charge in [0.1, 0.15) is 5.82 Å². The minimum Gasteiger partial charge on any atom is -0.367 e. The van der Waals surface area contributed by atoms with Gasteiger partial charge in [-0.15, -0.1) is 0 Å². The van der Waals surface area contributed by atoms with E-state index in [1.807, 2.05) is 20.8 Å². The highest BCUT2D eigenvalue weighted by molar-refractivity contribution is 5.97. The number of primary amides is 1. The number of rotatable bonds is 7. The average Bonchev–Trinajstić information content (AvgIpc) is 2.55. The number of anilines is 2. The van der Waals surface area contributed by atoms with Gasteiger partial charge >= 0.3 is 0 Å². The molecule has 0 unspecified atom stereocenters. The van der Waals surface area contributed by atoms with E-state index in [0.29, 0.717) is 18.3 Å². The van der Waals surface area contributed by atoms with E-state index in [-0.39, 0.29) is 29.5 Å². The molecule has 0 radical (unpaired) electrons. The summed E-state index contributed by atoms with van der Waals surface area (Å²) in [5.41, 5.74) is 5.71. The summed E-state index contributed by atoms with van der Waals surface area (Å²) in [5, 5.41) is 9.31. The summed E-state index contributed by atoms with van der Waals surface area (Å²) < 4.78 is 0. The van der Waals surface area contributed by atoms with E-state index in [2.05, 4.69) is 25.9 Å². The van der Waals surface area contributed by atoms with Crippen LogP contribution in [0.5, 0.6) is 0 Å². The maximum absolute atomic E-state index is 11.9. The summed E-state index contributed by atoms with van der Waals surface area (Å²) in [5.74, 6) is 0.543. The SMILES string of the molecule is CCNC(=O)[C@H]1CC[C@H](Nc2nc(NC(C)C)ncc2C(N)=O)CC1. The fourth-order valence-electron chi connectivity index (χ4n) is 3.01. The molecule has 5 N–H and O–H groups in total. The van der Waals surface area contributed by atoms with Gasteiger partial charge < -0.3 is 21.7 Å². The lowest BCUT2D eigenvalue weighted by Gasteiger charge is -2.29. The minimum atomic E-state index is -0.561. The Morgan fingerprint density at radius 1 is 1.28 bits per heavy atom. The molecule has 138 valence electrons. The lowest BCUT2D eigenvalue weighted by atomic mass is 9.85. The Labute approximate surface area is 148 Å². The van der Waals surface area contributed by atoms with Crippen molar-refractivity contribution in [3.05, 3.63) is 11.8 Å². The Kier molecular flexibility index (Phi) is 6.55. The van der Waals surface area contributed by atoms with E-state index < -0.39 is 5.91 Å². The van der Waals surface area contributed by atoms with Crippen LogP contribution in [0.15, 0.2) is 6.20 Å². The number of hydrogen-bond acceptors (Lipinski definition) is 6. The monoisotopic (exact) mass is 348 g/mol. The van der Waals surface area contributed by atoms with Gasteiger partial charge in [0.2, 0.25) is 11.9 Å². The molecule has 0 saturated heterocycles. The smallest absolute Gasteiger partial charge is 0.254 e. The molecule has 1 heterocycles. The number of nitrogens with zero attached hydrogens (tertiary/aromatic N) is 2. The Morgan fingerprint density at radius 2 is 1.96 bits per heavy atom. The lowest BCUT2D eigenvalue weighted by molar-refractivity contribution is -0.125. The van der Waals surface area contributed by atoms with Gasteiger partial charge in [0.15, 0.2) is 0 Å². The molecule has 0 aromatic carbocycles. The van der Waals surface area contributed by atoms with Crippen molar-refractivity contribution >= 4 is 23.6 Å². The molecule has 1 saturated carbocycles. The summed E-state index contributed by atoms with van der Waals surface area (Å²) in [6.45, 7) is 6.56. The first-order chi connectivity index (χ1) is 11.9. The molecule has 0 atom stereocenters. The maximum Gasteiger partial charge on any atom is 0.254 e. The molecule has 25 heavy (non-hydrogen) atoms. The van der Waals surface area contributed by atoms with Crippen molar-refractivity contribution in [2.24, 2.45) is 11.7 Å². The van der Waals surface area contributed by atoms with Crippen LogP contribution in [0.3, 0.4) is 0 Å². The molecule has 1 fully saturated rings. The molecule has 0 aliphatic heterocycles. The second kappa shape index (κ2) is 8.64. The van der Waals surface area contributed by atoms with Crippen molar-refractivity contribution in [1.82, 2.24) is 15.3 Å². The third-order valence-corrected chi connectivity index (χ3v) is 4.26. The minimum absolute atomic E-state index is 0.0668. The molecule has 2 rings (SSSR count). The molecular weight excluding hydrogens is 320 g/mol. The molecular formula is C17H28N6O2. The summed E-state index contributed by atoms with van der Waals surface area (Å²) >= 11 is 0. The lowest BCUT2D eigenvalue weighted by Crippen LogP contribution is -2.36. The normalized spacial score (nSPS) is 20.2. The fourth-order valence-corrected chi connectivity index (χ4v) is 3.01. The van der Waals surface area contributed by atoms with Gasteiger partial charge in [0.05, 0.1) is 5.56 Å². The third kappa shape index (κ3) is 5.30. The quantitative estimate of drug-likeness (QED) is 0.592. The number of carbonyl (C=O) groups is 2. The zero-order valence-corrected chi connectivity index (χ0v) is 15.1. The van der Waals surface area contributed by atoms with Crippen LogP contribution in [-0.4, -0.2) is 40.4 Å². The molecule has 8 nitrogen and oxygen atoms in total. The van der Waals surface area contributed by atoms with Crippen molar-refractivity contribution in [3.63, 3.8) is 0 Å². The molecule has 1 aliphatic carbocycles. The summed E-state index contributed by atoms with van der Waals surface area (Å²) in [6, 6.07) is 0.338. The first kappa shape index (κ1) is 19.0. The Hall–Kier alpha value is -2.38. The number of carbonyl (C=O) groups excluding carboxylic acids is 2. The fraction of sp³-hybridized carbons (Fsp3) is 0.647. The number of amides is 2. The largest absolute Gasteiger partial charge is 0.367 e. The van der Waals surface area contributed by atoms with Gasteiger partial charge in [-0.25, -0.2) is 4.98 Å². The predicted octanol–water partition coefficient (Wildman–Crippen LogP) is 1.50. The summed E-state index contributed by atoms with van der Waals surface area (Å²) in [6.07, 6.45) is 4.77. The van der Waals surface area contributed by atoms with Gasteiger partial charge in [0.25, 0.3) is 5.91 Å². The summed E-state index contributed by atoms with van der Waals surface area (Å²) in [7, 11) is 0. The van der Waals surface area contributed by atoms with E-state index >= 15 is 0 Å². The van der Waals surface area contributed by atoms with Crippen LogP contribution in [-0.2, 0) is 4.79 Å². The molecule has 1 aromatic rings. The first-order valence-corrected chi connectivity index (χ1v) is 8.88. The van der Waals surface area contributed by atoms with Crippen molar-refractivity contribution < 1.29 is 9.59 Å². The molecule has 1 aromatic heterocycles. The number of aromatic nitrogens is 2. The highest BCUT2D eigenvalue weighted by atomic mass is 16.2. The van der Waals surface area contributed by atoms with E-state index in [4.69, 9.17) is 5.73 Å². The second-order valence-corrected chi connectivity index (χ2v) is 6.71. The third-order valence-electron chi connectivity index (χ3n) is 4.26. The predicted molar refractivity (Wildman–Crippen MR) is 97.4 cm³/mol. The van der Waals surface area contributed by atoms with E-state index in [1.165, 1.54) is 6.20 Å². The van der Waals surface area contributed by atoms with Crippen LogP contribution in [0, 0.1) is 5.92 Å². The van der Waals surface area contributed by atoms with Gasteiger partial charge in [-0.1, -0.05) is 0 Å². The molecule has 2 amide bonds. The van der Waals surface area contributed by atoms with Crippen LogP contribution >= 0.6 is 0 Å². The van der Waals surface area contributed by atoms with Crippen LogP contribution in [0.4, 0.5) is 11.8 Å². The van der Waals surface area contributed by atoms with Gasteiger partial charge in [-0.2, -0.15) is 4.98 Å². The highest BCUT2D eigenvalue weighted by Gasteiger charge is 2.27. The zero-order chi connectivity index (χ0) is 18.4. The second-order valence-electron chi connectivity index (χ2n) is 6.71. The first-order valence-electron chi connectivity index (χ1n) is 8.88. The molecule has 0 spiro atoms. The Balaban J connectivity index is 2.04. The van der Waals surface area contributed by atoms with E-state index in [0.717, 1.165) is 25.7 Å². The average molecular weight is 348 g/mol. The number of hydrogen-bond donors (Lipinski definition) is 4. The van der Waals surface area contributed by atoms with Crippen LogP contribution in [0.2, 0.25) is 0 Å². The molecule has 8 heteroatoms. The van der Waals surface area contributed by atoms with Crippen molar-refractivity contribution in [1.29, 1.82) is 0 Å². The molecule has 1 aliphatic rings. The van der Waals surface area contributed by atoms with Crippen molar-refractivity contribution in [2.75, 3.05) is 17.2 Å². The number of nitrogens with two attached hydrogens (primary N) is 1. The van der Waals surface area contributed by atoms with E-state index in [9.17, 15) is 9.59 Å². The van der Waals surface area contributed by atoms with Crippen molar-refractivity contribution in [2.45, 2.75) is 58.5 Å². The molecule has 0 bridgehead atoms. The Bertz CT molecular complexity index is 611. The van der Waals surface area contributed by atoms with Crippen LogP contribution < -0.4 is 21.7 Å². The van der Waals surface area contributed by atoms with E-state index in [1.54, 1.807) is 0 Å². The van der Waals surface area contributed by atoms with Crippen molar-refractivity contribution in [3.8, 4) is 0 Å². The van der Waals surface area contributed by atoms with Gasteiger partial charge in [0, 0.05) is 30.7 Å². The van der Waals surface area contributed by atoms with Crippen LogP contribution in [0.1, 0.15) is 56.8 Å². The highest BCUT2D eigenvalue weighted by Crippen LogP contribution is 2.27. The standard InChI is InChI=1S/C17H28N6O2/c1-4-19-16(25)11-5-7-12(8-6-11)22-15-13(14(18)24)9-20-17(23-15)21-10(2)3/h9-12H,4-8H2,1-3H3,(H2,18,24)(H,19,25)(H2,20,21,22,23)/t11-,12-. The topological polar surface area (TPSA) is 122 Å². The van der Waals surface area contributed by atoms with Crippen LogP contribution in [0.25, 0.3) is 0 Å². The maximum atomic E-state index is 11.9. The zero-order valence-electron chi connectivity index (χ0n) is 15.1.